The van der Waals surface area contributed by atoms with Gasteiger partial charge in [0.15, 0.2) is 0 Å². The van der Waals surface area contributed by atoms with Crippen LogP contribution in [-0.2, 0) is 32.6 Å². The Morgan fingerprint density at radius 3 is 2.07 bits per heavy atom. The molecule has 4 aromatic carbocycles. The number of nitrogens with zero attached hydrogens (tertiary/aromatic N) is 2. The van der Waals surface area contributed by atoms with Gasteiger partial charge in [-0.2, -0.15) is 0 Å². The van der Waals surface area contributed by atoms with E-state index in [2.05, 4.69) is 5.32 Å². The Morgan fingerprint density at radius 1 is 0.870 bits per heavy atom. The number of amides is 2. The van der Waals surface area contributed by atoms with Crippen LogP contribution in [0.5, 0.6) is 5.75 Å². The van der Waals surface area contributed by atoms with E-state index in [9.17, 15) is 18.0 Å². The standard InChI is InChI=1S/C36H40FN3O5S/c1-26-15-21-31(22-16-26)46(43,44)40(29-17-19-30(45-5)20-18-29)25-34(41)39(24-28-13-9-10-14-32(28)37)33(35(42)38-36(2,3)4)23-27-11-7-6-8-12-27/h6-22,33H,23-25H2,1-5H3,(H,38,42)/t33-/m0/s1. The minimum absolute atomic E-state index is 0.00585. The highest BCUT2D eigenvalue weighted by molar-refractivity contribution is 7.92. The molecular weight excluding hydrogens is 605 g/mol. The van der Waals surface area contributed by atoms with E-state index in [-0.39, 0.29) is 29.1 Å². The Bertz CT molecular complexity index is 1740. The van der Waals surface area contributed by atoms with Crippen LogP contribution in [0.2, 0.25) is 0 Å². The predicted molar refractivity (Wildman–Crippen MR) is 177 cm³/mol. The van der Waals surface area contributed by atoms with Crippen molar-refractivity contribution >= 4 is 27.5 Å². The molecule has 0 heterocycles. The number of nitrogens with one attached hydrogen (secondary N) is 1. The van der Waals surface area contributed by atoms with E-state index in [0.29, 0.717) is 5.75 Å². The number of rotatable bonds is 12. The molecule has 0 aliphatic heterocycles. The Balaban J connectivity index is 1.83. The highest BCUT2D eigenvalue weighted by Crippen LogP contribution is 2.27. The van der Waals surface area contributed by atoms with E-state index in [1.54, 1.807) is 48.5 Å². The zero-order valence-electron chi connectivity index (χ0n) is 26.7. The number of methoxy groups -OCH3 is 1. The van der Waals surface area contributed by atoms with Crippen LogP contribution in [0.3, 0.4) is 0 Å². The molecule has 10 heteroatoms. The monoisotopic (exact) mass is 645 g/mol. The molecule has 1 atom stereocenters. The average molecular weight is 646 g/mol. The number of carbonyl (C=O) groups excluding carboxylic acids is 2. The average Bonchev–Trinajstić information content (AvgIpc) is 3.02. The molecule has 4 aromatic rings. The zero-order chi connectivity index (χ0) is 33.5. The Hall–Kier alpha value is -4.70. The second kappa shape index (κ2) is 14.6. The van der Waals surface area contributed by atoms with Crippen molar-refractivity contribution in [1.82, 2.24) is 10.2 Å². The van der Waals surface area contributed by atoms with Crippen LogP contribution in [0.1, 0.15) is 37.5 Å². The molecule has 46 heavy (non-hydrogen) atoms. The van der Waals surface area contributed by atoms with E-state index >= 15 is 4.39 Å². The summed E-state index contributed by atoms with van der Waals surface area (Å²) in [6.45, 7) is 6.41. The van der Waals surface area contributed by atoms with E-state index in [4.69, 9.17) is 4.74 Å². The third kappa shape index (κ3) is 8.72. The summed E-state index contributed by atoms with van der Waals surface area (Å²) in [5.74, 6) is -1.17. The van der Waals surface area contributed by atoms with Crippen LogP contribution in [-0.4, -0.2) is 50.4 Å². The maximum atomic E-state index is 15.1. The number of halogens is 1. The van der Waals surface area contributed by atoms with Gasteiger partial charge < -0.3 is 15.0 Å². The van der Waals surface area contributed by atoms with E-state index in [1.165, 1.54) is 36.3 Å². The summed E-state index contributed by atoms with van der Waals surface area (Å²) in [5.41, 5.74) is 1.43. The molecule has 2 amide bonds. The molecule has 0 radical (unpaired) electrons. The minimum atomic E-state index is -4.26. The van der Waals surface area contributed by atoms with Gasteiger partial charge in [-0.3, -0.25) is 13.9 Å². The summed E-state index contributed by atoms with van der Waals surface area (Å²) in [6.07, 6.45) is 0.121. The smallest absolute Gasteiger partial charge is 0.264 e. The molecule has 0 saturated heterocycles. The lowest BCUT2D eigenvalue weighted by atomic mass is 10.0. The van der Waals surface area contributed by atoms with Crippen molar-refractivity contribution in [3.05, 3.63) is 126 Å². The second-order valence-electron chi connectivity index (χ2n) is 12.1. The zero-order valence-corrected chi connectivity index (χ0v) is 27.6. The summed E-state index contributed by atoms with van der Waals surface area (Å²) in [5, 5.41) is 2.96. The topological polar surface area (TPSA) is 96.0 Å². The van der Waals surface area contributed by atoms with E-state index in [1.807, 2.05) is 58.0 Å². The number of sulfonamides is 1. The number of aryl methyl sites for hydroxylation is 1. The number of anilines is 1. The number of hydrogen-bond donors (Lipinski definition) is 1. The third-order valence-corrected chi connectivity index (χ3v) is 9.10. The summed E-state index contributed by atoms with van der Waals surface area (Å²) >= 11 is 0. The van der Waals surface area contributed by atoms with Gasteiger partial charge >= 0.3 is 0 Å². The number of hydrogen-bond acceptors (Lipinski definition) is 5. The fraction of sp³-hybridized carbons (Fsp3) is 0.278. The third-order valence-electron chi connectivity index (χ3n) is 7.32. The Morgan fingerprint density at radius 2 is 1.48 bits per heavy atom. The summed E-state index contributed by atoms with van der Waals surface area (Å²) < 4.78 is 49.6. The van der Waals surface area contributed by atoms with Crippen LogP contribution in [0.15, 0.2) is 108 Å². The summed E-state index contributed by atoms with van der Waals surface area (Å²) in [6, 6.07) is 26.7. The van der Waals surface area contributed by atoms with Crippen molar-refractivity contribution in [2.24, 2.45) is 0 Å². The van der Waals surface area contributed by atoms with Crippen LogP contribution < -0.4 is 14.4 Å². The van der Waals surface area contributed by atoms with Crippen LogP contribution in [0.25, 0.3) is 0 Å². The number of ether oxygens (including phenoxy) is 1. The summed E-state index contributed by atoms with van der Waals surface area (Å²) in [4.78, 5) is 29.7. The van der Waals surface area contributed by atoms with Gasteiger partial charge in [0.05, 0.1) is 17.7 Å². The molecule has 0 aromatic heterocycles. The molecule has 0 spiro atoms. The molecule has 4 rings (SSSR count). The quantitative estimate of drug-likeness (QED) is 0.207. The van der Waals surface area contributed by atoms with E-state index < -0.39 is 45.8 Å². The molecule has 0 bridgehead atoms. The van der Waals surface area contributed by atoms with Gasteiger partial charge in [-0.05, 0) is 75.7 Å². The van der Waals surface area contributed by atoms with Gasteiger partial charge in [0.1, 0.15) is 24.2 Å². The molecule has 0 saturated carbocycles. The molecule has 0 aliphatic rings. The van der Waals surface area contributed by atoms with Crippen molar-refractivity contribution in [2.45, 2.75) is 57.1 Å². The minimum Gasteiger partial charge on any atom is -0.497 e. The van der Waals surface area contributed by atoms with Gasteiger partial charge in [0.25, 0.3) is 10.0 Å². The lowest BCUT2D eigenvalue weighted by Crippen LogP contribution is -2.56. The molecule has 1 N–H and O–H groups in total. The highest BCUT2D eigenvalue weighted by Gasteiger charge is 2.36. The predicted octanol–water partition coefficient (Wildman–Crippen LogP) is 5.89. The fourth-order valence-electron chi connectivity index (χ4n) is 4.93. The number of benzene rings is 4. The first kappa shape index (κ1) is 34.2. The molecule has 0 unspecified atom stereocenters. The van der Waals surface area contributed by atoms with E-state index in [0.717, 1.165) is 15.4 Å². The first-order chi connectivity index (χ1) is 21.8. The normalized spacial score (nSPS) is 12.2. The van der Waals surface area contributed by atoms with Crippen molar-refractivity contribution in [3.63, 3.8) is 0 Å². The SMILES string of the molecule is COc1ccc(N(CC(=O)N(Cc2ccccc2F)[C@@H](Cc2ccccc2)C(=O)NC(C)(C)C)S(=O)(=O)c2ccc(C)cc2)cc1. The van der Waals surface area contributed by atoms with Gasteiger partial charge in [-0.1, -0.05) is 66.2 Å². The van der Waals surface area contributed by atoms with Crippen LogP contribution >= 0.6 is 0 Å². The lowest BCUT2D eigenvalue weighted by molar-refractivity contribution is -0.140. The highest BCUT2D eigenvalue weighted by atomic mass is 32.2. The van der Waals surface area contributed by atoms with Gasteiger partial charge in [0.2, 0.25) is 11.8 Å². The first-order valence-electron chi connectivity index (χ1n) is 14.9. The Kier molecular flexibility index (Phi) is 10.8. The molecule has 8 nitrogen and oxygen atoms in total. The fourth-order valence-corrected chi connectivity index (χ4v) is 6.35. The first-order valence-corrected chi connectivity index (χ1v) is 16.3. The molecule has 0 fully saturated rings. The van der Waals surface area contributed by atoms with Crippen molar-refractivity contribution in [3.8, 4) is 5.75 Å². The van der Waals surface area contributed by atoms with Crippen molar-refractivity contribution in [2.75, 3.05) is 18.0 Å². The maximum Gasteiger partial charge on any atom is 0.264 e. The number of carbonyl (C=O) groups is 2. The van der Waals surface area contributed by atoms with Gasteiger partial charge in [-0.25, -0.2) is 12.8 Å². The molecule has 242 valence electrons. The Labute approximate surface area is 270 Å². The van der Waals surface area contributed by atoms with Crippen molar-refractivity contribution < 1.29 is 27.1 Å². The summed E-state index contributed by atoms with van der Waals surface area (Å²) in [7, 11) is -2.77. The molecular formula is C36H40FN3O5S. The lowest BCUT2D eigenvalue weighted by Gasteiger charge is -2.35. The maximum absolute atomic E-state index is 15.1. The van der Waals surface area contributed by atoms with Gasteiger partial charge in [-0.15, -0.1) is 0 Å². The largest absolute Gasteiger partial charge is 0.497 e. The molecule has 0 aliphatic carbocycles. The van der Waals surface area contributed by atoms with Crippen molar-refractivity contribution in [1.29, 1.82) is 0 Å². The van der Waals surface area contributed by atoms with Crippen LogP contribution in [0.4, 0.5) is 10.1 Å². The van der Waals surface area contributed by atoms with Gasteiger partial charge in [0, 0.05) is 24.1 Å². The van der Waals surface area contributed by atoms with Crippen LogP contribution in [0, 0.1) is 12.7 Å². The second-order valence-corrected chi connectivity index (χ2v) is 13.9.